The lowest BCUT2D eigenvalue weighted by Crippen LogP contribution is -2.44. The number of pyridine rings is 1. The van der Waals surface area contributed by atoms with E-state index in [0.717, 1.165) is 7.11 Å². The molecule has 0 spiro atoms. The number of aromatic nitrogens is 1. The molecular weight excluding hydrogens is 370 g/mol. The number of carbonyl (C=O) groups excluding carboxylic acids is 3. The van der Waals surface area contributed by atoms with Gasteiger partial charge in [0, 0.05) is 18.9 Å². The molecule has 0 saturated heterocycles. The Morgan fingerprint density at radius 1 is 1.29 bits per heavy atom. The van der Waals surface area contributed by atoms with Crippen molar-refractivity contribution in [2.75, 3.05) is 38.9 Å². The molecular formula is C18H27N3O7. The molecule has 10 nitrogen and oxygen atoms in total. The Balaban J connectivity index is 3.07. The SMILES string of the molecule is COCCN(C(=O)OC(C)(C)C)c1cc(C(=O)N[C@@H](CO)C(=O)OC)ccn1. The number of rotatable bonds is 8. The molecule has 0 radical (unpaired) electrons. The van der Waals surface area contributed by atoms with Crippen LogP contribution in [0, 0.1) is 0 Å². The van der Waals surface area contributed by atoms with Gasteiger partial charge in [0.2, 0.25) is 0 Å². The number of aliphatic hydroxyl groups is 1. The van der Waals surface area contributed by atoms with Crippen molar-refractivity contribution in [1.82, 2.24) is 10.3 Å². The van der Waals surface area contributed by atoms with Gasteiger partial charge >= 0.3 is 12.1 Å². The van der Waals surface area contributed by atoms with Gasteiger partial charge in [-0.15, -0.1) is 0 Å². The predicted molar refractivity (Wildman–Crippen MR) is 100 cm³/mol. The first-order valence-corrected chi connectivity index (χ1v) is 8.58. The molecule has 0 aliphatic heterocycles. The van der Waals surface area contributed by atoms with E-state index in [1.54, 1.807) is 20.8 Å². The van der Waals surface area contributed by atoms with E-state index in [-0.39, 0.29) is 24.5 Å². The highest BCUT2D eigenvalue weighted by Crippen LogP contribution is 2.17. The number of amides is 2. The number of carbonyl (C=O) groups is 3. The Morgan fingerprint density at radius 3 is 2.50 bits per heavy atom. The normalized spacial score (nSPS) is 12.1. The van der Waals surface area contributed by atoms with Gasteiger partial charge in [0.15, 0.2) is 6.04 Å². The van der Waals surface area contributed by atoms with Gasteiger partial charge in [-0.05, 0) is 32.9 Å². The van der Waals surface area contributed by atoms with Crippen LogP contribution in [0.3, 0.4) is 0 Å². The van der Waals surface area contributed by atoms with Crippen molar-refractivity contribution in [1.29, 1.82) is 0 Å². The molecule has 1 heterocycles. The van der Waals surface area contributed by atoms with Gasteiger partial charge in [-0.3, -0.25) is 9.69 Å². The molecule has 0 fully saturated rings. The second-order valence-electron chi connectivity index (χ2n) is 6.76. The number of nitrogens with zero attached hydrogens (tertiary/aromatic N) is 2. The van der Waals surface area contributed by atoms with Gasteiger partial charge < -0.3 is 24.6 Å². The second-order valence-corrected chi connectivity index (χ2v) is 6.76. The Hall–Kier alpha value is -2.72. The van der Waals surface area contributed by atoms with Crippen molar-refractivity contribution in [3.63, 3.8) is 0 Å². The topological polar surface area (TPSA) is 127 Å². The van der Waals surface area contributed by atoms with E-state index in [1.165, 1.54) is 30.3 Å². The molecule has 0 aromatic carbocycles. The first-order chi connectivity index (χ1) is 13.1. The number of hydrogen-bond acceptors (Lipinski definition) is 8. The number of esters is 1. The van der Waals surface area contributed by atoms with Crippen LogP contribution in [0.5, 0.6) is 0 Å². The van der Waals surface area contributed by atoms with Gasteiger partial charge in [0.25, 0.3) is 5.91 Å². The number of aliphatic hydroxyl groups excluding tert-OH is 1. The molecule has 2 amide bonds. The smallest absolute Gasteiger partial charge is 0.416 e. The fourth-order valence-corrected chi connectivity index (χ4v) is 2.07. The van der Waals surface area contributed by atoms with Crippen molar-refractivity contribution < 1.29 is 33.7 Å². The standard InChI is InChI=1S/C18H27N3O7/c1-18(2,3)28-17(25)21(8-9-26-4)14-10-12(6-7-19-14)15(23)20-13(11-22)16(24)27-5/h6-7,10,13,22H,8-9,11H2,1-5H3,(H,20,23)/t13-/m0/s1. The maximum absolute atomic E-state index is 12.5. The number of ether oxygens (including phenoxy) is 3. The lowest BCUT2D eigenvalue weighted by molar-refractivity contribution is -0.143. The minimum Gasteiger partial charge on any atom is -0.467 e. The zero-order chi connectivity index (χ0) is 21.3. The number of hydrogen-bond donors (Lipinski definition) is 2. The third kappa shape index (κ3) is 7.12. The largest absolute Gasteiger partial charge is 0.467 e. The van der Waals surface area contributed by atoms with Crippen LogP contribution in [-0.4, -0.2) is 73.7 Å². The maximum atomic E-state index is 12.5. The Kier molecular flexibility index (Phi) is 8.80. The molecule has 1 rings (SSSR count). The summed E-state index contributed by atoms with van der Waals surface area (Å²) in [5.74, 6) is -1.23. The Morgan fingerprint density at radius 2 is 1.96 bits per heavy atom. The van der Waals surface area contributed by atoms with Gasteiger partial charge in [0.1, 0.15) is 11.4 Å². The quantitative estimate of drug-likeness (QED) is 0.615. The van der Waals surface area contributed by atoms with Crippen LogP contribution >= 0.6 is 0 Å². The first-order valence-electron chi connectivity index (χ1n) is 8.58. The van der Waals surface area contributed by atoms with Gasteiger partial charge in [0.05, 0.1) is 26.9 Å². The van der Waals surface area contributed by atoms with Crippen molar-refractivity contribution in [3.8, 4) is 0 Å². The van der Waals surface area contributed by atoms with Gasteiger partial charge in [-0.25, -0.2) is 14.6 Å². The van der Waals surface area contributed by atoms with Crippen LogP contribution < -0.4 is 10.2 Å². The monoisotopic (exact) mass is 397 g/mol. The molecule has 0 aliphatic carbocycles. The average Bonchev–Trinajstić information content (AvgIpc) is 2.64. The van der Waals surface area contributed by atoms with Gasteiger partial charge in [-0.1, -0.05) is 0 Å². The van der Waals surface area contributed by atoms with Crippen molar-refractivity contribution in [2.24, 2.45) is 0 Å². The third-order valence-corrected chi connectivity index (χ3v) is 3.39. The van der Waals surface area contributed by atoms with Crippen LogP contribution in [0.25, 0.3) is 0 Å². The maximum Gasteiger partial charge on any atom is 0.416 e. The molecule has 0 aliphatic rings. The lowest BCUT2D eigenvalue weighted by Gasteiger charge is -2.26. The van der Waals surface area contributed by atoms with E-state index in [9.17, 15) is 19.5 Å². The van der Waals surface area contributed by atoms with Crippen LogP contribution in [0.2, 0.25) is 0 Å². The van der Waals surface area contributed by atoms with Crippen LogP contribution in [0.15, 0.2) is 18.3 Å². The van der Waals surface area contributed by atoms with E-state index in [0.29, 0.717) is 0 Å². The van der Waals surface area contributed by atoms with Gasteiger partial charge in [-0.2, -0.15) is 0 Å². The summed E-state index contributed by atoms with van der Waals surface area (Å²) in [7, 11) is 2.64. The molecule has 0 saturated carbocycles. The van der Waals surface area contributed by atoms with Crippen LogP contribution in [0.1, 0.15) is 31.1 Å². The van der Waals surface area contributed by atoms with Crippen molar-refractivity contribution >= 4 is 23.8 Å². The van der Waals surface area contributed by atoms with Crippen LogP contribution in [0.4, 0.5) is 10.6 Å². The highest BCUT2D eigenvalue weighted by Gasteiger charge is 2.26. The summed E-state index contributed by atoms with van der Waals surface area (Å²) in [4.78, 5) is 41.8. The molecule has 10 heteroatoms. The number of nitrogens with one attached hydrogen (secondary N) is 1. The van der Waals surface area contributed by atoms with Crippen molar-refractivity contribution in [3.05, 3.63) is 23.9 Å². The molecule has 0 bridgehead atoms. The van der Waals surface area contributed by atoms with E-state index in [2.05, 4.69) is 15.0 Å². The molecule has 28 heavy (non-hydrogen) atoms. The minimum absolute atomic E-state index is 0.137. The molecule has 1 atom stereocenters. The molecule has 156 valence electrons. The molecule has 1 aromatic rings. The van der Waals surface area contributed by atoms with E-state index >= 15 is 0 Å². The summed E-state index contributed by atoms with van der Waals surface area (Å²) in [6, 6.07) is 1.58. The first kappa shape index (κ1) is 23.3. The fraction of sp³-hybridized carbons (Fsp3) is 0.556. The Labute approximate surface area is 163 Å². The summed E-state index contributed by atoms with van der Waals surface area (Å²) in [5, 5.41) is 11.6. The summed E-state index contributed by atoms with van der Waals surface area (Å²) >= 11 is 0. The molecule has 2 N–H and O–H groups in total. The fourth-order valence-electron chi connectivity index (χ4n) is 2.07. The van der Waals surface area contributed by atoms with E-state index < -0.39 is 36.2 Å². The van der Waals surface area contributed by atoms with E-state index in [1.807, 2.05) is 0 Å². The number of methoxy groups -OCH3 is 2. The zero-order valence-corrected chi connectivity index (χ0v) is 16.7. The summed E-state index contributed by atoms with van der Waals surface area (Å²) in [6.07, 6.45) is 0.706. The molecule has 1 aromatic heterocycles. The number of anilines is 1. The predicted octanol–water partition coefficient (Wildman–Crippen LogP) is 0.733. The van der Waals surface area contributed by atoms with E-state index in [4.69, 9.17) is 9.47 Å². The highest BCUT2D eigenvalue weighted by atomic mass is 16.6. The second kappa shape index (κ2) is 10.6. The van der Waals surface area contributed by atoms with Crippen LogP contribution in [-0.2, 0) is 19.0 Å². The lowest BCUT2D eigenvalue weighted by atomic mass is 10.2. The summed E-state index contributed by atoms with van der Waals surface area (Å²) in [6.45, 7) is 4.97. The third-order valence-electron chi connectivity index (χ3n) is 3.39. The van der Waals surface area contributed by atoms with Crippen molar-refractivity contribution in [2.45, 2.75) is 32.4 Å². The minimum atomic E-state index is -1.20. The summed E-state index contributed by atoms with van der Waals surface area (Å²) in [5.41, 5.74) is -0.579. The zero-order valence-electron chi connectivity index (χ0n) is 16.7. The molecule has 0 unspecified atom stereocenters. The average molecular weight is 397 g/mol. The summed E-state index contributed by atoms with van der Waals surface area (Å²) < 4.78 is 14.9. The highest BCUT2D eigenvalue weighted by molar-refractivity contribution is 5.98. The Bertz CT molecular complexity index is 688.